The van der Waals surface area contributed by atoms with Crippen LogP contribution in [0.5, 0.6) is 0 Å². The fourth-order valence-electron chi connectivity index (χ4n) is 3.07. The highest BCUT2D eigenvalue weighted by Gasteiger charge is 2.20. The summed E-state index contributed by atoms with van der Waals surface area (Å²) < 4.78 is 1.12. The third kappa shape index (κ3) is 9.56. The Hall–Kier alpha value is -0.870. The maximum atomic E-state index is 11.8. The van der Waals surface area contributed by atoms with E-state index in [9.17, 15) is 4.79 Å². The summed E-state index contributed by atoms with van der Waals surface area (Å²) in [6.45, 7) is 8.84. The van der Waals surface area contributed by atoms with Crippen molar-refractivity contribution in [2.24, 2.45) is 4.99 Å². The van der Waals surface area contributed by atoms with Gasteiger partial charge in [0.25, 0.3) is 0 Å². The van der Waals surface area contributed by atoms with Crippen molar-refractivity contribution in [1.29, 1.82) is 0 Å². The highest BCUT2D eigenvalue weighted by molar-refractivity contribution is 14.0. The fourth-order valence-corrected chi connectivity index (χ4v) is 3.33. The topological polar surface area (TPSA) is 68.8 Å². The van der Waals surface area contributed by atoms with E-state index in [-0.39, 0.29) is 36.4 Å². The first-order valence-electron chi connectivity index (χ1n) is 9.89. The lowest BCUT2D eigenvalue weighted by Gasteiger charge is -2.33. The van der Waals surface area contributed by atoms with Crippen molar-refractivity contribution in [3.8, 4) is 0 Å². The number of halogens is 2. The van der Waals surface area contributed by atoms with Gasteiger partial charge < -0.3 is 16.0 Å². The third-order valence-corrected chi connectivity index (χ3v) is 5.07. The molecule has 1 amide bonds. The average Bonchev–Trinajstić information content (AvgIpc) is 2.68. The number of piperidine rings is 1. The highest BCUT2D eigenvalue weighted by atomic mass is 127. The summed E-state index contributed by atoms with van der Waals surface area (Å²) >= 11 is 3.48. The lowest BCUT2D eigenvalue weighted by atomic mass is 10.0. The minimum absolute atomic E-state index is 0. The van der Waals surface area contributed by atoms with Crippen LogP contribution >= 0.6 is 39.9 Å². The van der Waals surface area contributed by atoms with Gasteiger partial charge in [-0.1, -0.05) is 35.0 Å². The van der Waals surface area contributed by atoms with Crippen molar-refractivity contribution in [3.63, 3.8) is 0 Å². The second-order valence-corrected chi connectivity index (χ2v) is 7.78. The Morgan fingerprint density at radius 2 is 1.86 bits per heavy atom. The zero-order valence-corrected chi connectivity index (χ0v) is 20.8. The predicted octanol–water partition coefficient (Wildman–Crippen LogP) is 3.11. The van der Waals surface area contributed by atoms with E-state index in [0.29, 0.717) is 12.6 Å². The second kappa shape index (κ2) is 14.2. The maximum Gasteiger partial charge on any atom is 0.241 e. The van der Waals surface area contributed by atoms with Crippen molar-refractivity contribution in [2.75, 3.05) is 32.7 Å². The molecular formula is C20H33BrIN5O. The third-order valence-electron chi connectivity index (χ3n) is 4.55. The molecule has 1 aliphatic rings. The summed E-state index contributed by atoms with van der Waals surface area (Å²) in [5.41, 5.74) is 1.35. The molecule has 158 valence electrons. The molecule has 3 N–H and O–H groups in total. The standard InChI is InChI=1S/C20H32BrN5O.HI/c1-3-11-23-19(27)14-24-20(22-4-2)25-18-9-12-26(13-10-18)15-16-5-7-17(21)8-6-16;/h5-8,18H,3-4,9-15H2,1-2H3,(H,23,27)(H2,22,24,25);1H. The van der Waals surface area contributed by atoms with Gasteiger partial charge in [0, 0.05) is 43.2 Å². The van der Waals surface area contributed by atoms with Crippen LogP contribution in [-0.4, -0.2) is 55.5 Å². The number of guanidine groups is 1. The lowest BCUT2D eigenvalue weighted by molar-refractivity contribution is -0.119. The van der Waals surface area contributed by atoms with Crippen molar-refractivity contribution >= 4 is 51.8 Å². The number of nitrogens with zero attached hydrogens (tertiary/aromatic N) is 2. The lowest BCUT2D eigenvalue weighted by Crippen LogP contribution is -2.48. The number of likely N-dealkylation sites (tertiary alicyclic amines) is 1. The molecular weight excluding hydrogens is 533 g/mol. The summed E-state index contributed by atoms with van der Waals surface area (Å²) in [6, 6.07) is 8.93. The van der Waals surface area contributed by atoms with Crippen LogP contribution in [-0.2, 0) is 11.3 Å². The second-order valence-electron chi connectivity index (χ2n) is 6.87. The minimum atomic E-state index is -0.0293. The number of hydrogen-bond donors (Lipinski definition) is 3. The maximum absolute atomic E-state index is 11.8. The Balaban J connectivity index is 0.00000392. The van der Waals surface area contributed by atoms with Crippen LogP contribution in [0.3, 0.4) is 0 Å². The monoisotopic (exact) mass is 565 g/mol. The number of hydrogen-bond acceptors (Lipinski definition) is 3. The molecule has 1 saturated heterocycles. The molecule has 6 nitrogen and oxygen atoms in total. The van der Waals surface area contributed by atoms with Crippen molar-refractivity contribution < 1.29 is 4.79 Å². The zero-order chi connectivity index (χ0) is 19.5. The summed E-state index contributed by atoms with van der Waals surface area (Å²) in [7, 11) is 0. The predicted molar refractivity (Wildman–Crippen MR) is 130 cm³/mol. The van der Waals surface area contributed by atoms with E-state index in [1.807, 2.05) is 13.8 Å². The summed E-state index contributed by atoms with van der Waals surface area (Å²) in [6.07, 6.45) is 3.08. The molecule has 0 spiro atoms. The molecule has 1 aromatic carbocycles. The molecule has 1 aliphatic heterocycles. The Morgan fingerprint density at radius 3 is 2.46 bits per heavy atom. The molecule has 28 heavy (non-hydrogen) atoms. The van der Waals surface area contributed by atoms with Crippen LogP contribution in [0.4, 0.5) is 0 Å². The van der Waals surface area contributed by atoms with E-state index >= 15 is 0 Å². The molecule has 1 fully saturated rings. The largest absolute Gasteiger partial charge is 0.357 e. The molecule has 0 bridgehead atoms. The quantitative estimate of drug-likeness (QED) is 0.257. The number of carbonyl (C=O) groups excluding carboxylic acids is 1. The first kappa shape index (κ1) is 25.2. The van der Waals surface area contributed by atoms with Gasteiger partial charge in [0.05, 0.1) is 0 Å². The van der Waals surface area contributed by atoms with Crippen LogP contribution in [0, 0.1) is 0 Å². The van der Waals surface area contributed by atoms with Gasteiger partial charge in [-0.3, -0.25) is 9.69 Å². The number of rotatable bonds is 8. The van der Waals surface area contributed by atoms with Crippen LogP contribution in [0.2, 0.25) is 0 Å². The van der Waals surface area contributed by atoms with Crippen molar-refractivity contribution in [2.45, 2.75) is 45.7 Å². The first-order valence-corrected chi connectivity index (χ1v) is 10.7. The van der Waals surface area contributed by atoms with E-state index in [0.717, 1.165) is 55.9 Å². The molecule has 0 saturated carbocycles. The molecule has 0 radical (unpaired) electrons. The number of aliphatic imine (C=N–C) groups is 1. The number of nitrogens with one attached hydrogen (secondary N) is 3. The molecule has 2 rings (SSSR count). The van der Waals surface area contributed by atoms with Crippen molar-refractivity contribution in [3.05, 3.63) is 34.3 Å². The number of carbonyl (C=O) groups is 1. The van der Waals surface area contributed by atoms with E-state index in [2.05, 4.69) is 66.0 Å². The van der Waals surface area contributed by atoms with Gasteiger partial charge >= 0.3 is 0 Å². The molecule has 0 unspecified atom stereocenters. The van der Waals surface area contributed by atoms with Gasteiger partial charge in [-0.15, -0.1) is 24.0 Å². The van der Waals surface area contributed by atoms with Gasteiger partial charge in [-0.2, -0.15) is 0 Å². The minimum Gasteiger partial charge on any atom is -0.357 e. The number of amides is 1. The average molecular weight is 566 g/mol. The number of benzene rings is 1. The van der Waals surface area contributed by atoms with Crippen LogP contribution in [0.25, 0.3) is 0 Å². The molecule has 0 aromatic heterocycles. The Labute approximate surface area is 194 Å². The van der Waals surface area contributed by atoms with Crippen molar-refractivity contribution in [1.82, 2.24) is 20.9 Å². The molecule has 0 atom stereocenters. The highest BCUT2D eigenvalue weighted by Crippen LogP contribution is 2.16. The smallest absolute Gasteiger partial charge is 0.241 e. The van der Waals surface area contributed by atoms with E-state index in [1.54, 1.807) is 0 Å². The Kier molecular flexibility index (Phi) is 12.7. The van der Waals surface area contributed by atoms with Gasteiger partial charge in [0.1, 0.15) is 6.54 Å². The Bertz CT molecular complexity index is 603. The SMILES string of the molecule is CCCNC(=O)CN=C(NCC)NC1CCN(Cc2ccc(Br)cc2)CC1.I. The van der Waals surface area contributed by atoms with Crippen LogP contribution < -0.4 is 16.0 Å². The summed E-state index contributed by atoms with van der Waals surface area (Å²) in [4.78, 5) is 18.7. The normalized spacial score (nSPS) is 15.6. The molecule has 1 heterocycles. The van der Waals surface area contributed by atoms with Crippen LogP contribution in [0.1, 0.15) is 38.7 Å². The fraction of sp³-hybridized carbons (Fsp3) is 0.600. The molecule has 8 heteroatoms. The summed E-state index contributed by atoms with van der Waals surface area (Å²) in [5.74, 6) is 0.703. The van der Waals surface area contributed by atoms with Gasteiger partial charge in [0.2, 0.25) is 5.91 Å². The van der Waals surface area contributed by atoms with Gasteiger partial charge in [0.15, 0.2) is 5.96 Å². The Morgan fingerprint density at radius 1 is 1.18 bits per heavy atom. The zero-order valence-electron chi connectivity index (χ0n) is 16.8. The molecule has 0 aliphatic carbocycles. The van der Waals surface area contributed by atoms with Crippen LogP contribution in [0.15, 0.2) is 33.7 Å². The summed E-state index contributed by atoms with van der Waals surface area (Å²) in [5, 5.41) is 9.58. The van der Waals surface area contributed by atoms with Gasteiger partial charge in [-0.05, 0) is 43.9 Å². The van der Waals surface area contributed by atoms with E-state index in [1.165, 1.54) is 5.56 Å². The first-order chi connectivity index (χ1) is 13.1. The van der Waals surface area contributed by atoms with E-state index < -0.39 is 0 Å². The molecule has 1 aromatic rings. The van der Waals surface area contributed by atoms with E-state index in [4.69, 9.17) is 0 Å². The van der Waals surface area contributed by atoms with Gasteiger partial charge in [-0.25, -0.2) is 4.99 Å².